The minimum Gasteiger partial charge on any atom is -0.250 e. The third-order valence-electron chi connectivity index (χ3n) is 3.13. The van der Waals surface area contributed by atoms with E-state index in [1.165, 1.54) is 4.88 Å². The van der Waals surface area contributed by atoms with Gasteiger partial charge >= 0.3 is 0 Å². The fourth-order valence-corrected chi connectivity index (χ4v) is 3.94. The number of hydrogen-bond acceptors (Lipinski definition) is 2. The quantitative estimate of drug-likeness (QED) is 0.696. The molecule has 102 valence electrons. The van der Waals surface area contributed by atoms with Crippen molar-refractivity contribution in [2.45, 2.75) is 18.8 Å². The van der Waals surface area contributed by atoms with Crippen molar-refractivity contribution < 1.29 is 0 Å². The fourth-order valence-electron chi connectivity index (χ4n) is 2.03. The zero-order valence-corrected chi connectivity index (χ0v) is 13.6. The van der Waals surface area contributed by atoms with Crippen molar-refractivity contribution in [2.75, 3.05) is 11.8 Å². The fraction of sp³-hybridized carbons (Fsp3) is 0.357. The molecular weight excluding hydrogens is 321 g/mol. The summed E-state index contributed by atoms with van der Waals surface area (Å²) in [4.78, 5) is 5.48. The predicted octanol–water partition coefficient (Wildman–Crippen LogP) is 5.06. The molecule has 0 aliphatic carbocycles. The van der Waals surface area contributed by atoms with E-state index >= 15 is 0 Å². The second-order valence-electron chi connectivity index (χ2n) is 4.58. The second kappa shape index (κ2) is 6.45. The van der Waals surface area contributed by atoms with Crippen molar-refractivity contribution >= 4 is 46.1 Å². The smallest absolute Gasteiger partial charge is 0.0896 e. The van der Waals surface area contributed by atoms with Crippen LogP contribution in [0.5, 0.6) is 0 Å². The summed E-state index contributed by atoms with van der Waals surface area (Å²) in [5.74, 6) is 0.904. The number of nitrogens with zero attached hydrogens (tertiary/aromatic N) is 1. The van der Waals surface area contributed by atoms with Crippen LogP contribution in [0, 0.1) is 6.92 Å². The molecule has 1 heterocycles. The minimum absolute atomic E-state index is 0.299. The van der Waals surface area contributed by atoms with Gasteiger partial charge in [-0.25, -0.2) is 4.98 Å². The Morgan fingerprint density at radius 2 is 2.00 bits per heavy atom. The summed E-state index contributed by atoms with van der Waals surface area (Å²) < 4.78 is 0. The Bertz CT molecular complexity index is 549. The van der Waals surface area contributed by atoms with Crippen molar-refractivity contribution in [3.8, 4) is 0 Å². The van der Waals surface area contributed by atoms with Crippen LogP contribution in [0.1, 0.15) is 15.4 Å². The minimum atomic E-state index is -0.299. The van der Waals surface area contributed by atoms with Gasteiger partial charge in [0.1, 0.15) is 0 Å². The first-order valence-electron chi connectivity index (χ1n) is 5.89. The summed E-state index contributed by atoms with van der Waals surface area (Å²) in [5, 5.41) is 1.76. The average molecular weight is 335 g/mol. The maximum absolute atomic E-state index is 6.22. The second-order valence-corrected chi connectivity index (χ2v) is 6.87. The van der Waals surface area contributed by atoms with E-state index in [2.05, 4.69) is 4.98 Å². The Morgan fingerprint density at radius 3 is 2.53 bits per heavy atom. The molecule has 0 saturated heterocycles. The van der Waals surface area contributed by atoms with Gasteiger partial charge in [-0.05, 0) is 31.0 Å². The van der Waals surface area contributed by atoms with Gasteiger partial charge in [0, 0.05) is 33.3 Å². The number of aromatic nitrogens is 1. The van der Waals surface area contributed by atoms with Crippen LogP contribution in [-0.4, -0.2) is 16.7 Å². The molecule has 1 aromatic heterocycles. The highest BCUT2D eigenvalue weighted by molar-refractivity contribution is 7.11. The van der Waals surface area contributed by atoms with Gasteiger partial charge in [-0.3, -0.25) is 0 Å². The van der Waals surface area contributed by atoms with Gasteiger partial charge in [0.25, 0.3) is 0 Å². The van der Waals surface area contributed by atoms with Crippen LogP contribution in [0.2, 0.25) is 5.02 Å². The van der Waals surface area contributed by atoms with Gasteiger partial charge in [0.05, 0.1) is 5.01 Å². The van der Waals surface area contributed by atoms with E-state index < -0.39 is 0 Å². The predicted molar refractivity (Wildman–Crippen MR) is 85.1 cm³/mol. The average Bonchev–Trinajstić information content (AvgIpc) is 2.81. The molecule has 0 radical (unpaired) electrons. The molecule has 0 aliphatic rings. The van der Waals surface area contributed by atoms with Crippen molar-refractivity contribution in [3.63, 3.8) is 0 Å². The topological polar surface area (TPSA) is 12.9 Å². The molecule has 0 amide bonds. The Hall–Kier alpha value is -0.280. The normalized spacial score (nSPS) is 11.8. The van der Waals surface area contributed by atoms with Gasteiger partial charge < -0.3 is 0 Å². The van der Waals surface area contributed by atoms with Gasteiger partial charge in [0.15, 0.2) is 0 Å². The summed E-state index contributed by atoms with van der Waals surface area (Å²) in [6, 6.07) is 7.77. The van der Waals surface area contributed by atoms with Gasteiger partial charge in [-0.15, -0.1) is 34.5 Å². The van der Waals surface area contributed by atoms with Crippen molar-refractivity contribution in [1.29, 1.82) is 0 Å². The molecule has 1 nitrogen and oxygen atoms in total. The SMILES string of the molecule is Cc1ncc(CC(CCl)(CCl)c2cccc(Cl)c2)s1. The lowest BCUT2D eigenvalue weighted by Gasteiger charge is -2.29. The number of alkyl halides is 2. The highest BCUT2D eigenvalue weighted by Gasteiger charge is 2.32. The lowest BCUT2D eigenvalue weighted by atomic mass is 9.81. The van der Waals surface area contributed by atoms with E-state index in [0.29, 0.717) is 16.8 Å². The van der Waals surface area contributed by atoms with Gasteiger partial charge in [-0.1, -0.05) is 23.7 Å². The van der Waals surface area contributed by atoms with Crippen LogP contribution in [-0.2, 0) is 11.8 Å². The molecule has 0 N–H and O–H groups in total. The number of rotatable bonds is 5. The van der Waals surface area contributed by atoms with Crippen molar-refractivity contribution in [2.24, 2.45) is 0 Å². The van der Waals surface area contributed by atoms with E-state index in [9.17, 15) is 0 Å². The van der Waals surface area contributed by atoms with E-state index in [4.69, 9.17) is 34.8 Å². The number of aryl methyl sites for hydroxylation is 1. The summed E-state index contributed by atoms with van der Waals surface area (Å²) in [5.41, 5.74) is 0.781. The van der Waals surface area contributed by atoms with Crippen LogP contribution < -0.4 is 0 Å². The Balaban J connectivity index is 2.37. The van der Waals surface area contributed by atoms with E-state index in [-0.39, 0.29) is 5.41 Å². The van der Waals surface area contributed by atoms with Crippen molar-refractivity contribution in [3.05, 3.63) is 50.9 Å². The standard InChI is InChI=1S/C14H14Cl3NS/c1-10-18-7-13(19-10)6-14(8-15,9-16)11-3-2-4-12(17)5-11/h2-5,7H,6,8-9H2,1H3. The maximum Gasteiger partial charge on any atom is 0.0896 e. The molecule has 2 rings (SSSR count). The van der Waals surface area contributed by atoms with Crippen LogP contribution in [0.4, 0.5) is 0 Å². The molecule has 0 saturated carbocycles. The number of halogens is 3. The molecule has 0 bridgehead atoms. The third kappa shape index (κ3) is 3.43. The maximum atomic E-state index is 6.22. The zero-order chi connectivity index (χ0) is 13.9. The van der Waals surface area contributed by atoms with E-state index in [1.54, 1.807) is 11.3 Å². The summed E-state index contributed by atoms with van der Waals surface area (Å²) in [6.45, 7) is 2.00. The molecule has 1 aromatic carbocycles. The van der Waals surface area contributed by atoms with Crippen molar-refractivity contribution in [1.82, 2.24) is 4.98 Å². The molecule has 0 aliphatic heterocycles. The summed E-state index contributed by atoms with van der Waals surface area (Å²) in [7, 11) is 0. The molecule has 2 aromatic rings. The number of thiazole rings is 1. The summed E-state index contributed by atoms with van der Waals surface area (Å²) in [6.07, 6.45) is 2.68. The lowest BCUT2D eigenvalue weighted by Crippen LogP contribution is -2.33. The molecule has 5 heteroatoms. The van der Waals surface area contributed by atoms with Gasteiger partial charge in [-0.2, -0.15) is 0 Å². The molecule has 0 spiro atoms. The van der Waals surface area contributed by atoms with Crippen LogP contribution in [0.15, 0.2) is 30.5 Å². The summed E-state index contributed by atoms with van der Waals surface area (Å²) >= 11 is 20.2. The Labute approximate surface area is 132 Å². The molecule has 19 heavy (non-hydrogen) atoms. The first kappa shape index (κ1) is 15.1. The highest BCUT2D eigenvalue weighted by Crippen LogP contribution is 2.34. The molecule has 0 fully saturated rings. The van der Waals surface area contributed by atoms with Crippen LogP contribution in [0.3, 0.4) is 0 Å². The first-order chi connectivity index (χ1) is 9.09. The van der Waals surface area contributed by atoms with Crippen LogP contribution in [0.25, 0.3) is 0 Å². The zero-order valence-electron chi connectivity index (χ0n) is 10.5. The van der Waals surface area contributed by atoms with Crippen LogP contribution >= 0.6 is 46.1 Å². The monoisotopic (exact) mass is 333 g/mol. The van der Waals surface area contributed by atoms with E-state index in [1.807, 2.05) is 37.4 Å². The first-order valence-corrected chi connectivity index (χ1v) is 8.15. The number of benzene rings is 1. The molecular formula is C14H14Cl3NS. The molecule has 0 unspecified atom stereocenters. The highest BCUT2D eigenvalue weighted by atomic mass is 35.5. The Kier molecular flexibility index (Phi) is 5.13. The molecule has 0 atom stereocenters. The van der Waals surface area contributed by atoms with Gasteiger partial charge in [0.2, 0.25) is 0 Å². The van der Waals surface area contributed by atoms with E-state index in [0.717, 1.165) is 17.0 Å². The number of hydrogen-bond donors (Lipinski definition) is 0. The third-order valence-corrected chi connectivity index (χ3v) is 5.30. The Morgan fingerprint density at radius 1 is 1.26 bits per heavy atom. The largest absolute Gasteiger partial charge is 0.250 e. The lowest BCUT2D eigenvalue weighted by molar-refractivity contribution is 0.540.